The summed E-state index contributed by atoms with van der Waals surface area (Å²) < 4.78 is 4.86. The second kappa shape index (κ2) is 7.49. The molecular weight excluding hydrogens is 248 g/mol. The quantitative estimate of drug-likeness (QED) is 0.303. The molecule has 0 aromatic carbocycles. The molecule has 1 rings (SSSR count). The zero-order valence-corrected chi connectivity index (χ0v) is 11.4. The minimum absolute atomic E-state index is 0.129. The number of methoxy groups -OCH3 is 1. The molecule has 19 heavy (non-hydrogen) atoms. The molecule has 0 bridgehead atoms. The lowest BCUT2D eigenvalue weighted by Gasteiger charge is -2.15. The van der Waals surface area contributed by atoms with Gasteiger partial charge in [0.15, 0.2) is 0 Å². The van der Waals surface area contributed by atoms with Crippen molar-refractivity contribution in [3.8, 4) is 0 Å². The summed E-state index contributed by atoms with van der Waals surface area (Å²) in [6.45, 7) is 4.44. The summed E-state index contributed by atoms with van der Waals surface area (Å²) in [4.78, 5) is 20.0. The molecule has 0 saturated heterocycles. The molecular formula is C11H20N6O2. The number of carbonyl (C=O) groups excluding carboxylic acids is 1. The summed E-state index contributed by atoms with van der Waals surface area (Å²) >= 11 is 0. The summed E-state index contributed by atoms with van der Waals surface area (Å²) in [6, 6.07) is 1.21. The van der Waals surface area contributed by atoms with E-state index >= 15 is 0 Å². The maximum absolute atomic E-state index is 11.7. The van der Waals surface area contributed by atoms with Gasteiger partial charge in [-0.15, -0.1) is 0 Å². The number of carbonyl (C=O) groups is 1. The maximum atomic E-state index is 11.7. The predicted molar refractivity (Wildman–Crippen MR) is 72.5 cm³/mol. The van der Waals surface area contributed by atoms with Gasteiger partial charge in [-0.2, -0.15) is 0 Å². The Bertz CT molecular complexity index is 426. The number of rotatable bonds is 7. The first-order valence-corrected chi connectivity index (χ1v) is 5.92. The van der Waals surface area contributed by atoms with Crippen LogP contribution in [0.3, 0.4) is 0 Å². The number of aryl methyl sites for hydroxylation is 1. The van der Waals surface area contributed by atoms with Gasteiger partial charge < -0.3 is 20.8 Å². The highest BCUT2D eigenvalue weighted by Crippen LogP contribution is 2.10. The number of nitrogen functional groups attached to an aromatic ring is 1. The lowest BCUT2D eigenvalue weighted by Crippen LogP contribution is -2.39. The van der Waals surface area contributed by atoms with Crippen molar-refractivity contribution in [2.75, 3.05) is 31.0 Å². The minimum Gasteiger partial charge on any atom is -0.383 e. The van der Waals surface area contributed by atoms with Gasteiger partial charge in [0.1, 0.15) is 23.5 Å². The van der Waals surface area contributed by atoms with Crippen LogP contribution in [0.4, 0.5) is 11.6 Å². The van der Waals surface area contributed by atoms with Crippen molar-refractivity contribution in [3.05, 3.63) is 11.9 Å². The van der Waals surface area contributed by atoms with Gasteiger partial charge in [0.25, 0.3) is 0 Å². The van der Waals surface area contributed by atoms with Crippen molar-refractivity contribution in [3.63, 3.8) is 0 Å². The molecule has 1 heterocycles. The van der Waals surface area contributed by atoms with Gasteiger partial charge in [-0.3, -0.25) is 4.79 Å². The number of ether oxygens (including phenoxy) is 1. The molecule has 1 amide bonds. The third-order valence-corrected chi connectivity index (χ3v) is 2.35. The highest BCUT2D eigenvalue weighted by molar-refractivity contribution is 5.83. The third kappa shape index (κ3) is 5.06. The van der Waals surface area contributed by atoms with Crippen LogP contribution in [0.5, 0.6) is 0 Å². The van der Waals surface area contributed by atoms with Crippen LogP contribution in [-0.4, -0.2) is 42.2 Å². The SMILES string of the molecule is COCCNC(=O)C(C)Nc1cc(NN)nc(C)n1. The third-order valence-electron chi connectivity index (χ3n) is 2.35. The van der Waals surface area contributed by atoms with Gasteiger partial charge in [-0.25, -0.2) is 15.8 Å². The fraction of sp³-hybridized carbons (Fsp3) is 0.545. The summed E-state index contributed by atoms with van der Waals surface area (Å²) in [5.74, 6) is 6.75. The largest absolute Gasteiger partial charge is 0.383 e. The zero-order chi connectivity index (χ0) is 14.3. The first-order chi connectivity index (χ1) is 9.06. The molecule has 1 aromatic rings. The number of amides is 1. The molecule has 0 fully saturated rings. The number of aromatic nitrogens is 2. The van der Waals surface area contributed by atoms with Crippen LogP contribution in [0.2, 0.25) is 0 Å². The maximum Gasteiger partial charge on any atom is 0.242 e. The average Bonchev–Trinajstić information content (AvgIpc) is 2.38. The topological polar surface area (TPSA) is 114 Å². The molecule has 106 valence electrons. The second-order valence-electron chi connectivity index (χ2n) is 3.98. The van der Waals surface area contributed by atoms with Crippen LogP contribution in [-0.2, 0) is 9.53 Å². The van der Waals surface area contributed by atoms with E-state index in [-0.39, 0.29) is 5.91 Å². The highest BCUT2D eigenvalue weighted by atomic mass is 16.5. The first-order valence-electron chi connectivity index (χ1n) is 5.92. The van der Waals surface area contributed by atoms with Crippen LogP contribution < -0.4 is 21.9 Å². The standard InChI is InChI=1S/C11H20N6O2/c1-7(11(18)13-4-5-19-3)14-9-6-10(17-12)16-8(2)15-9/h6-7H,4-5,12H2,1-3H3,(H,13,18)(H2,14,15,16,17). The summed E-state index contributed by atoms with van der Waals surface area (Å²) in [6.07, 6.45) is 0. The molecule has 1 aromatic heterocycles. The first kappa shape index (κ1) is 15.1. The van der Waals surface area contributed by atoms with E-state index in [9.17, 15) is 4.79 Å². The van der Waals surface area contributed by atoms with Crippen molar-refractivity contribution >= 4 is 17.5 Å². The van der Waals surface area contributed by atoms with Crippen molar-refractivity contribution in [2.24, 2.45) is 5.84 Å². The van der Waals surface area contributed by atoms with Crippen molar-refractivity contribution in [1.82, 2.24) is 15.3 Å². The number of nitrogens with zero attached hydrogens (tertiary/aromatic N) is 2. The molecule has 8 nitrogen and oxygen atoms in total. The Hall–Kier alpha value is -1.93. The Morgan fingerprint density at radius 2 is 2.16 bits per heavy atom. The lowest BCUT2D eigenvalue weighted by molar-refractivity contribution is -0.121. The number of nitrogens with two attached hydrogens (primary N) is 1. The molecule has 1 atom stereocenters. The Kier molecular flexibility index (Phi) is 5.97. The van der Waals surface area contributed by atoms with Crippen LogP contribution >= 0.6 is 0 Å². The van der Waals surface area contributed by atoms with Crippen molar-refractivity contribution < 1.29 is 9.53 Å². The van der Waals surface area contributed by atoms with Crippen LogP contribution in [0, 0.1) is 6.92 Å². The van der Waals surface area contributed by atoms with Crippen LogP contribution in [0.15, 0.2) is 6.07 Å². The fourth-order valence-electron chi connectivity index (χ4n) is 1.43. The van der Waals surface area contributed by atoms with Crippen molar-refractivity contribution in [1.29, 1.82) is 0 Å². The smallest absolute Gasteiger partial charge is 0.242 e. The molecule has 0 saturated carbocycles. The van der Waals surface area contributed by atoms with Crippen molar-refractivity contribution in [2.45, 2.75) is 19.9 Å². The molecule has 0 radical (unpaired) electrons. The summed E-state index contributed by atoms with van der Waals surface area (Å²) in [5, 5.41) is 5.72. The molecule has 0 spiro atoms. The van der Waals surface area contributed by atoms with E-state index < -0.39 is 6.04 Å². The monoisotopic (exact) mass is 268 g/mol. The molecule has 0 aliphatic rings. The van der Waals surface area contributed by atoms with Crippen LogP contribution in [0.25, 0.3) is 0 Å². The van der Waals surface area contributed by atoms with Crippen LogP contribution in [0.1, 0.15) is 12.7 Å². The van der Waals surface area contributed by atoms with Gasteiger partial charge in [-0.1, -0.05) is 0 Å². The van der Waals surface area contributed by atoms with E-state index in [2.05, 4.69) is 26.0 Å². The molecule has 0 aliphatic heterocycles. The van der Waals surface area contributed by atoms with E-state index in [1.165, 1.54) is 0 Å². The highest BCUT2D eigenvalue weighted by Gasteiger charge is 2.13. The predicted octanol–water partition coefficient (Wildman–Crippen LogP) is -0.366. The zero-order valence-electron chi connectivity index (χ0n) is 11.4. The normalized spacial score (nSPS) is 11.8. The Balaban J connectivity index is 2.58. The second-order valence-corrected chi connectivity index (χ2v) is 3.98. The van der Waals surface area contributed by atoms with E-state index in [4.69, 9.17) is 10.6 Å². The summed E-state index contributed by atoms with van der Waals surface area (Å²) in [5.41, 5.74) is 2.44. The number of hydrazine groups is 1. The molecule has 0 aliphatic carbocycles. The Labute approximate surface area is 112 Å². The summed E-state index contributed by atoms with van der Waals surface area (Å²) in [7, 11) is 1.58. The number of hydrogen-bond acceptors (Lipinski definition) is 7. The fourth-order valence-corrected chi connectivity index (χ4v) is 1.43. The van der Waals surface area contributed by atoms with E-state index in [1.807, 2.05) is 0 Å². The Morgan fingerprint density at radius 3 is 2.79 bits per heavy atom. The van der Waals surface area contributed by atoms with Gasteiger partial charge in [-0.05, 0) is 13.8 Å². The number of anilines is 2. The molecule has 8 heteroatoms. The van der Waals surface area contributed by atoms with E-state index in [0.717, 1.165) is 0 Å². The van der Waals surface area contributed by atoms with Gasteiger partial charge in [0, 0.05) is 19.7 Å². The number of hydrogen-bond donors (Lipinski definition) is 4. The average molecular weight is 268 g/mol. The number of nitrogens with one attached hydrogen (secondary N) is 3. The molecule has 5 N–H and O–H groups in total. The minimum atomic E-state index is -0.420. The van der Waals surface area contributed by atoms with Gasteiger partial charge in [0.2, 0.25) is 5.91 Å². The lowest BCUT2D eigenvalue weighted by atomic mass is 10.3. The van der Waals surface area contributed by atoms with E-state index in [1.54, 1.807) is 27.0 Å². The molecule has 1 unspecified atom stereocenters. The van der Waals surface area contributed by atoms with Gasteiger partial charge in [0.05, 0.1) is 6.61 Å². The Morgan fingerprint density at radius 1 is 1.47 bits per heavy atom. The van der Waals surface area contributed by atoms with E-state index in [0.29, 0.717) is 30.6 Å². The van der Waals surface area contributed by atoms with Gasteiger partial charge >= 0.3 is 0 Å².